The highest BCUT2D eigenvalue weighted by atomic mass is 32.1. The fourth-order valence-electron chi connectivity index (χ4n) is 1.66. The van der Waals surface area contributed by atoms with Crippen molar-refractivity contribution in [1.82, 2.24) is 5.43 Å². The lowest BCUT2D eigenvalue weighted by Gasteiger charge is -2.05. The van der Waals surface area contributed by atoms with Gasteiger partial charge in [-0.2, -0.15) is 5.10 Å². The number of ether oxygens (including phenoxy) is 1. The third kappa shape index (κ3) is 4.43. The van der Waals surface area contributed by atoms with Crippen molar-refractivity contribution in [2.75, 3.05) is 6.61 Å². The molecule has 0 bridgehead atoms. The smallest absolute Gasteiger partial charge is 0.271 e. The van der Waals surface area contributed by atoms with Gasteiger partial charge in [0.1, 0.15) is 5.75 Å². The third-order valence-corrected chi connectivity index (χ3v) is 3.77. The monoisotopic (exact) mass is 302 g/mol. The second-order valence-corrected chi connectivity index (χ2v) is 5.44. The molecule has 110 valence electrons. The van der Waals surface area contributed by atoms with Crippen LogP contribution in [0.15, 0.2) is 46.9 Å². The quantitative estimate of drug-likeness (QED) is 0.653. The summed E-state index contributed by atoms with van der Waals surface area (Å²) >= 11 is 1.59. The number of thiophene rings is 1. The van der Waals surface area contributed by atoms with Crippen LogP contribution >= 0.6 is 11.3 Å². The van der Waals surface area contributed by atoms with Gasteiger partial charge >= 0.3 is 0 Å². The summed E-state index contributed by atoms with van der Waals surface area (Å²) in [5.41, 5.74) is 3.91. The Balaban J connectivity index is 1.95. The molecule has 1 aromatic heterocycles. The van der Waals surface area contributed by atoms with Crippen LogP contribution in [0.2, 0.25) is 0 Å². The van der Waals surface area contributed by atoms with Gasteiger partial charge < -0.3 is 4.74 Å². The number of nitrogens with one attached hydrogen (secondary N) is 1. The van der Waals surface area contributed by atoms with Crippen LogP contribution in [0.25, 0.3) is 0 Å². The summed E-state index contributed by atoms with van der Waals surface area (Å²) in [6.45, 7) is 4.60. The first-order valence-corrected chi connectivity index (χ1v) is 7.70. The number of benzene rings is 1. The largest absolute Gasteiger partial charge is 0.494 e. The highest BCUT2D eigenvalue weighted by molar-refractivity contribution is 7.12. The van der Waals surface area contributed by atoms with Crippen molar-refractivity contribution in [3.63, 3.8) is 0 Å². The van der Waals surface area contributed by atoms with E-state index in [0.717, 1.165) is 22.8 Å². The van der Waals surface area contributed by atoms with Gasteiger partial charge in [-0.1, -0.05) is 13.0 Å². The van der Waals surface area contributed by atoms with Crippen LogP contribution in [0, 0.1) is 0 Å². The number of amides is 1. The molecule has 1 heterocycles. The number of carbonyl (C=O) groups excluding carboxylic acids is 1. The molecular formula is C16H18N2O2S. The Morgan fingerprint density at radius 1 is 1.29 bits per heavy atom. The zero-order chi connectivity index (χ0) is 15.1. The summed E-state index contributed by atoms with van der Waals surface area (Å²) in [5.74, 6) is 0.541. The summed E-state index contributed by atoms with van der Waals surface area (Å²) in [4.78, 5) is 13.0. The van der Waals surface area contributed by atoms with Crippen molar-refractivity contribution in [2.24, 2.45) is 5.10 Å². The van der Waals surface area contributed by atoms with Crippen LogP contribution < -0.4 is 10.2 Å². The van der Waals surface area contributed by atoms with E-state index in [0.29, 0.717) is 12.2 Å². The topological polar surface area (TPSA) is 50.7 Å². The van der Waals surface area contributed by atoms with E-state index in [4.69, 9.17) is 4.74 Å². The zero-order valence-corrected chi connectivity index (χ0v) is 12.9. The molecule has 2 aromatic rings. The molecule has 1 amide bonds. The van der Waals surface area contributed by atoms with Gasteiger partial charge in [0, 0.05) is 10.4 Å². The lowest BCUT2D eigenvalue weighted by Crippen LogP contribution is -2.19. The molecule has 0 aliphatic rings. The first-order valence-electron chi connectivity index (χ1n) is 6.82. The standard InChI is InChI=1S/C16H18N2O2S/c1-3-10-20-14-8-6-13(7-9-14)16(19)18-17-12(2)15-5-4-11-21-15/h4-9,11H,3,10H2,1-2H3,(H,18,19)/b17-12-. The van der Waals surface area contributed by atoms with Crippen LogP contribution in [0.3, 0.4) is 0 Å². The van der Waals surface area contributed by atoms with E-state index in [1.165, 1.54) is 0 Å². The summed E-state index contributed by atoms with van der Waals surface area (Å²) in [5, 5.41) is 6.09. The van der Waals surface area contributed by atoms with Gasteiger partial charge in [-0.15, -0.1) is 11.3 Å². The first kappa shape index (κ1) is 15.3. The molecule has 2 rings (SSSR count). The molecule has 0 aliphatic heterocycles. The van der Waals surface area contributed by atoms with Crippen molar-refractivity contribution < 1.29 is 9.53 Å². The van der Waals surface area contributed by atoms with Gasteiger partial charge in [-0.05, 0) is 49.1 Å². The molecule has 5 heteroatoms. The summed E-state index contributed by atoms with van der Waals surface area (Å²) in [6, 6.07) is 11.0. The average molecular weight is 302 g/mol. The van der Waals surface area contributed by atoms with E-state index in [1.807, 2.05) is 24.4 Å². The molecule has 0 spiro atoms. The number of carbonyl (C=O) groups is 1. The molecule has 1 N–H and O–H groups in total. The maximum absolute atomic E-state index is 12.0. The van der Waals surface area contributed by atoms with Gasteiger partial charge in [0.15, 0.2) is 0 Å². The SMILES string of the molecule is CCCOc1ccc(C(=O)N/N=C(/C)c2cccs2)cc1. The second-order valence-electron chi connectivity index (χ2n) is 4.49. The van der Waals surface area contributed by atoms with Gasteiger partial charge in [-0.25, -0.2) is 5.43 Å². The van der Waals surface area contributed by atoms with E-state index in [9.17, 15) is 4.79 Å². The van der Waals surface area contributed by atoms with Crippen molar-refractivity contribution in [3.8, 4) is 5.75 Å². The lowest BCUT2D eigenvalue weighted by atomic mass is 10.2. The maximum atomic E-state index is 12.0. The average Bonchev–Trinajstić information content (AvgIpc) is 3.05. The second kappa shape index (κ2) is 7.59. The molecule has 0 aliphatic carbocycles. The van der Waals surface area contributed by atoms with Crippen molar-refractivity contribution in [1.29, 1.82) is 0 Å². The predicted octanol–water partition coefficient (Wildman–Crippen LogP) is 3.69. The molecule has 1 aromatic carbocycles. The minimum Gasteiger partial charge on any atom is -0.494 e. The Hall–Kier alpha value is -2.14. The Kier molecular flexibility index (Phi) is 5.51. The highest BCUT2D eigenvalue weighted by Gasteiger charge is 2.05. The van der Waals surface area contributed by atoms with Crippen molar-refractivity contribution in [3.05, 3.63) is 52.2 Å². The number of nitrogens with zero attached hydrogens (tertiary/aromatic N) is 1. The number of rotatable bonds is 6. The molecule has 0 fully saturated rings. The number of hydrogen-bond donors (Lipinski definition) is 1. The van der Waals surface area contributed by atoms with E-state index in [2.05, 4.69) is 17.5 Å². The van der Waals surface area contributed by atoms with E-state index in [-0.39, 0.29) is 5.91 Å². The maximum Gasteiger partial charge on any atom is 0.271 e. The Bertz CT molecular complexity index is 604. The molecule has 0 saturated heterocycles. The van der Waals surface area contributed by atoms with Crippen molar-refractivity contribution >= 4 is 23.0 Å². The van der Waals surface area contributed by atoms with Crippen molar-refractivity contribution in [2.45, 2.75) is 20.3 Å². The van der Waals surface area contributed by atoms with Gasteiger partial charge in [-0.3, -0.25) is 4.79 Å². The molecule has 0 saturated carbocycles. The molecule has 21 heavy (non-hydrogen) atoms. The molecule has 0 atom stereocenters. The molecule has 0 radical (unpaired) electrons. The normalized spacial score (nSPS) is 11.2. The van der Waals surface area contributed by atoms with Crippen LogP contribution in [-0.4, -0.2) is 18.2 Å². The highest BCUT2D eigenvalue weighted by Crippen LogP contribution is 2.13. The van der Waals surface area contributed by atoms with Crippen LogP contribution in [-0.2, 0) is 0 Å². The van der Waals surface area contributed by atoms with E-state index >= 15 is 0 Å². The fraction of sp³-hybridized carbons (Fsp3) is 0.250. The van der Waals surface area contributed by atoms with Crippen LogP contribution in [0.5, 0.6) is 5.75 Å². The lowest BCUT2D eigenvalue weighted by molar-refractivity contribution is 0.0955. The Labute approximate surface area is 128 Å². The van der Waals surface area contributed by atoms with Gasteiger partial charge in [0.05, 0.1) is 12.3 Å². The molecule has 0 unspecified atom stereocenters. The van der Waals surface area contributed by atoms with Gasteiger partial charge in [0.2, 0.25) is 0 Å². The minimum absolute atomic E-state index is 0.229. The number of hydrazone groups is 1. The summed E-state index contributed by atoms with van der Waals surface area (Å²) in [6.07, 6.45) is 0.957. The number of hydrogen-bond acceptors (Lipinski definition) is 4. The zero-order valence-electron chi connectivity index (χ0n) is 12.1. The minimum atomic E-state index is -0.229. The Morgan fingerprint density at radius 3 is 2.67 bits per heavy atom. The molecular weight excluding hydrogens is 284 g/mol. The predicted molar refractivity (Wildman–Crippen MR) is 86.2 cm³/mol. The van der Waals surface area contributed by atoms with E-state index < -0.39 is 0 Å². The summed E-state index contributed by atoms with van der Waals surface area (Å²) in [7, 11) is 0. The fourth-order valence-corrected chi connectivity index (χ4v) is 2.34. The van der Waals surface area contributed by atoms with Crippen LogP contribution in [0.1, 0.15) is 35.5 Å². The van der Waals surface area contributed by atoms with E-state index in [1.54, 1.807) is 35.6 Å². The van der Waals surface area contributed by atoms with Gasteiger partial charge in [0.25, 0.3) is 5.91 Å². The first-order chi connectivity index (χ1) is 10.2. The molecule has 4 nitrogen and oxygen atoms in total. The third-order valence-electron chi connectivity index (χ3n) is 2.79. The summed E-state index contributed by atoms with van der Waals surface area (Å²) < 4.78 is 5.48. The van der Waals surface area contributed by atoms with Crippen LogP contribution in [0.4, 0.5) is 0 Å². The Morgan fingerprint density at radius 2 is 2.05 bits per heavy atom.